The lowest BCUT2D eigenvalue weighted by Gasteiger charge is -2.12. The molecular formula is C22H20Br2O4. The molecule has 1 atom stereocenters. The van der Waals surface area contributed by atoms with E-state index in [4.69, 9.17) is 14.6 Å². The summed E-state index contributed by atoms with van der Waals surface area (Å²) in [6.45, 7) is 2.54. The Hall–Kier alpha value is -2.07. The van der Waals surface area contributed by atoms with E-state index >= 15 is 0 Å². The van der Waals surface area contributed by atoms with Gasteiger partial charge >= 0.3 is 5.97 Å². The van der Waals surface area contributed by atoms with Crippen LogP contribution in [0.2, 0.25) is 0 Å². The maximum atomic E-state index is 11.1. The molecule has 28 heavy (non-hydrogen) atoms. The lowest BCUT2D eigenvalue weighted by atomic mass is 10.1. The van der Waals surface area contributed by atoms with Gasteiger partial charge in [0.25, 0.3) is 0 Å². The van der Waals surface area contributed by atoms with Crippen molar-refractivity contribution in [2.75, 3.05) is 13.2 Å². The van der Waals surface area contributed by atoms with Crippen molar-refractivity contribution in [2.24, 2.45) is 0 Å². The van der Waals surface area contributed by atoms with Crippen LogP contribution in [0.25, 0.3) is 0 Å². The normalized spacial score (nSPS) is 11.7. The Labute approximate surface area is 181 Å². The fraction of sp³-hybridized carbons (Fsp3) is 0.227. The van der Waals surface area contributed by atoms with E-state index in [1.165, 1.54) is 0 Å². The van der Waals surface area contributed by atoms with Gasteiger partial charge in [0.2, 0.25) is 0 Å². The average Bonchev–Trinajstić information content (AvgIpc) is 2.64. The largest absolute Gasteiger partial charge is 0.490 e. The van der Waals surface area contributed by atoms with Crippen LogP contribution in [0.15, 0.2) is 63.6 Å². The average molecular weight is 508 g/mol. The SMILES string of the molecule is CCOC(Cc1ccc(OCC=CC#Cc2cc(Br)cc(Br)c2)cc1)C(=O)O. The quantitative estimate of drug-likeness (QED) is 0.497. The smallest absolute Gasteiger partial charge is 0.333 e. The molecule has 0 aliphatic carbocycles. The summed E-state index contributed by atoms with van der Waals surface area (Å²) in [5, 5.41) is 9.13. The van der Waals surface area contributed by atoms with E-state index in [0.717, 1.165) is 20.1 Å². The van der Waals surface area contributed by atoms with Crippen LogP contribution in [0.4, 0.5) is 0 Å². The summed E-state index contributed by atoms with van der Waals surface area (Å²) in [4.78, 5) is 11.1. The van der Waals surface area contributed by atoms with E-state index in [2.05, 4.69) is 43.7 Å². The number of carboxylic acid groups (broad SMARTS) is 1. The second-order valence-electron chi connectivity index (χ2n) is 5.77. The maximum absolute atomic E-state index is 11.1. The zero-order valence-corrected chi connectivity index (χ0v) is 18.5. The van der Waals surface area contributed by atoms with Crippen LogP contribution >= 0.6 is 31.9 Å². The molecule has 0 aliphatic rings. The van der Waals surface area contributed by atoms with Crippen LogP contribution in [0.3, 0.4) is 0 Å². The van der Waals surface area contributed by atoms with Gasteiger partial charge in [0.05, 0.1) is 0 Å². The van der Waals surface area contributed by atoms with Gasteiger partial charge in [-0.1, -0.05) is 55.8 Å². The third kappa shape index (κ3) is 7.89. The molecule has 1 N–H and O–H groups in total. The van der Waals surface area contributed by atoms with Gasteiger partial charge in [0, 0.05) is 27.5 Å². The predicted molar refractivity (Wildman–Crippen MR) is 117 cm³/mol. The first-order valence-electron chi connectivity index (χ1n) is 8.66. The zero-order chi connectivity index (χ0) is 20.4. The number of hydrogen-bond donors (Lipinski definition) is 1. The van der Waals surface area contributed by atoms with Gasteiger partial charge in [-0.05, 0) is 55.0 Å². The molecule has 2 aromatic carbocycles. The van der Waals surface area contributed by atoms with Crippen molar-refractivity contribution in [1.29, 1.82) is 0 Å². The Balaban J connectivity index is 1.82. The first-order valence-corrected chi connectivity index (χ1v) is 10.3. The van der Waals surface area contributed by atoms with Gasteiger partial charge in [-0.3, -0.25) is 0 Å². The molecule has 2 rings (SSSR count). The Morgan fingerprint density at radius 2 is 1.86 bits per heavy atom. The molecule has 4 nitrogen and oxygen atoms in total. The summed E-state index contributed by atoms with van der Waals surface area (Å²) in [5.74, 6) is 5.79. The highest BCUT2D eigenvalue weighted by molar-refractivity contribution is 9.11. The van der Waals surface area contributed by atoms with Crippen LogP contribution in [0, 0.1) is 11.8 Å². The molecule has 0 saturated heterocycles. The summed E-state index contributed by atoms with van der Waals surface area (Å²) in [6.07, 6.45) is 3.08. The highest BCUT2D eigenvalue weighted by Gasteiger charge is 2.17. The molecule has 0 bridgehead atoms. The van der Waals surface area contributed by atoms with Crippen molar-refractivity contribution in [3.8, 4) is 17.6 Å². The summed E-state index contributed by atoms with van der Waals surface area (Å²) >= 11 is 6.87. The summed E-state index contributed by atoms with van der Waals surface area (Å²) in [5.41, 5.74) is 1.80. The number of aliphatic carboxylic acids is 1. The van der Waals surface area contributed by atoms with Crippen LogP contribution < -0.4 is 4.74 Å². The van der Waals surface area contributed by atoms with Gasteiger partial charge in [0.1, 0.15) is 12.4 Å². The topological polar surface area (TPSA) is 55.8 Å². The van der Waals surface area contributed by atoms with Gasteiger partial charge in [-0.25, -0.2) is 4.79 Å². The summed E-state index contributed by atoms with van der Waals surface area (Å²) in [6, 6.07) is 13.2. The minimum absolute atomic E-state index is 0.324. The molecule has 0 spiro atoms. The Bertz CT molecular complexity index is 859. The number of ether oxygens (including phenoxy) is 2. The minimum Gasteiger partial charge on any atom is -0.490 e. The summed E-state index contributed by atoms with van der Waals surface area (Å²) in [7, 11) is 0. The van der Waals surface area contributed by atoms with E-state index in [1.54, 1.807) is 13.0 Å². The Kier molecular flexibility index (Phi) is 9.29. The maximum Gasteiger partial charge on any atom is 0.333 e. The van der Waals surface area contributed by atoms with Crippen molar-refractivity contribution in [1.82, 2.24) is 0 Å². The van der Waals surface area contributed by atoms with Crippen LogP contribution in [0.1, 0.15) is 18.1 Å². The lowest BCUT2D eigenvalue weighted by molar-refractivity contribution is -0.149. The van der Waals surface area contributed by atoms with E-state index in [0.29, 0.717) is 25.4 Å². The summed E-state index contributed by atoms with van der Waals surface area (Å²) < 4.78 is 12.8. The van der Waals surface area contributed by atoms with E-state index in [9.17, 15) is 4.79 Å². The third-order valence-electron chi connectivity index (χ3n) is 3.61. The van der Waals surface area contributed by atoms with Crippen LogP contribution in [0.5, 0.6) is 5.75 Å². The van der Waals surface area contributed by atoms with E-state index in [-0.39, 0.29) is 0 Å². The molecule has 146 valence electrons. The number of rotatable bonds is 8. The van der Waals surface area contributed by atoms with Gasteiger partial charge in [0.15, 0.2) is 6.10 Å². The molecule has 2 aromatic rings. The van der Waals surface area contributed by atoms with E-state index in [1.807, 2.05) is 48.5 Å². The van der Waals surface area contributed by atoms with Crippen molar-refractivity contribution in [3.05, 3.63) is 74.7 Å². The molecule has 1 unspecified atom stereocenters. The number of allylic oxidation sites excluding steroid dienone is 1. The highest BCUT2D eigenvalue weighted by Crippen LogP contribution is 2.19. The Morgan fingerprint density at radius 1 is 1.18 bits per heavy atom. The molecule has 0 heterocycles. The second kappa shape index (κ2) is 11.7. The predicted octanol–water partition coefficient (Wildman–Crippen LogP) is 5.23. The molecule has 0 aromatic heterocycles. The molecule has 0 saturated carbocycles. The van der Waals surface area contributed by atoms with Gasteiger partial charge in [-0.15, -0.1) is 0 Å². The van der Waals surface area contributed by atoms with Crippen LogP contribution in [-0.4, -0.2) is 30.4 Å². The minimum atomic E-state index is -0.955. The number of carbonyl (C=O) groups is 1. The molecule has 0 amide bonds. The molecule has 0 radical (unpaired) electrons. The van der Waals surface area contributed by atoms with Crippen molar-refractivity contribution in [3.63, 3.8) is 0 Å². The van der Waals surface area contributed by atoms with Crippen molar-refractivity contribution >= 4 is 37.8 Å². The monoisotopic (exact) mass is 506 g/mol. The van der Waals surface area contributed by atoms with Crippen molar-refractivity contribution < 1.29 is 19.4 Å². The standard InChI is InChI=1S/C22H20Br2O4/c1-2-27-21(22(25)26)14-16-7-9-20(10-8-16)28-11-5-3-4-6-17-12-18(23)15-19(24)13-17/h3,5,7-10,12-13,15,21H,2,11,14H2,1H3,(H,25,26). The Morgan fingerprint density at radius 3 is 2.46 bits per heavy atom. The first-order chi connectivity index (χ1) is 13.5. The van der Waals surface area contributed by atoms with Gasteiger partial charge in [-0.2, -0.15) is 0 Å². The van der Waals surface area contributed by atoms with Crippen LogP contribution in [-0.2, 0) is 16.0 Å². The zero-order valence-electron chi connectivity index (χ0n) is 15.3. The fourth-order valence-corrected chi connectivity index (χ4v) is 3.65. The number of carboxylic acids is 1. The van der Waals surface area contributed by atoms with E-state index < -0.39 is 12.1 Å². The first kappa shape index (κ1) is 22.2. The second-order valence-corrected chi connectivity index (χ2v) is 7.60. The number of hydrogen-bond acceptors (Lipinski definition) is 3. The number of halogens is 2. The molecular weight excluding hydrogens is 488 g/mol. The molecule has 0 aliphatic heterocycles. The number of benzene rings is 2. The molecule has 6 heteroatoms. The highest BCUT2D eigenvalue weighted by atomic mass is 79.9. The van der Waals surface area contributed by atoms with Crippen molar-refractivity contribution in [2.45, 2.75) is 19.4 Å². The molecule has 0 fully saturated rings. The third-order valence-corrected chi connectivity index (χ3v) is 4.53. The van der Waals surface area contributed by atoms with Gasteiger partial charge < -0.3 is 14.6 Å². The fourth-order valence-electron chi connectivity index (χ4n) is 2.36. The lowest BCUT2D eigenvalue weighted by Crippen LogP contribution is -2.26.